The summed E-state index contributed by atoms with van der Waals surface area (Å²) < 4.78 is 37.8. The van der Waals surface area contributed by atoms with E-state index in [0.29, 0.717) is 5.75 Å². The third kappa shape index (κ3) is 4.03. The third-order valence-corrected chi connectivity index (χ3v) is 4.82. The van der Waals surface area contributed by atoms with Crippen molar-refractivity contribution < 1.29 is 27.5 Å². The maximum atomic E-state index is 12.7. The molecule has 0 aliphatic carbocycles. The van der Waals surface area contributed by atoms with Crippen molar-refractivity contribution in [1.29, 1.82) is 0 Å². The number of hydrogen-bond donors (Lipinski definition) is 3. The van der Waals surface area contributed by atoms with Crippen LogP contribution in [-0.4, -0.2) is 34.5 Å². The molecule has 0 unspecified atom stereocenters. The minimum atomic E-state index is -4.13. The average molecular weight is 379 g/mol. The highest BCUT2D eigenvalue weighted by atomic mass is 32.2. The maximum absolute atomic E-state index is 12.7. The van der Waals surface area contributed by atoms with Crippen LogP contribution >= 0.6 is 0 Å². The molecule has 0 fully saturated rings. The number of ether oxygens (including phenoxy) is 2. The fourth-order valence-corrected chi connectivity index (χ4v) is 3.40. The molecule has 0 bridgehead atoms. The van der Waals surface area contributed by atoms with Gasteiger partial charge < -0.3 is 20.9 Å². The fourth-order valence-electron chi connectivity index (χ4n) is 2.18. The van der Waals surface area contributed by atoms with Gasteiger partial charge in [0.1, 0.15) is 16.4 Å². The summed E-state index contributed by atoms with van der Waals surface area (Å²) in [7, 11) is -1.42. The van der Waals surface area contributed by atoms with Gasteiger partial charge in [0, 0.05) is 17.2 Å². The van der Waals surface area contributed by atoms with E-state index in [9.17, 15) is 18.0 Å². The summed E-state index contributed by atoms with van der Waals surface area (Å²) in [4.78, 5) is 22.6. The smallest absolute Gasteiger partial charge is 0.265 e. The van der Waals surface area contributed by atoms with E-state index in [4.69, 9.17) is 20.9 Å². The van der Waals surface area contributed by atoms with Gasteiger partial charge in [0.15, 0.2) is 0 Å². The predicted molar refractivity (Wildman–Crippen MR) is 93.8 cm³/mol. The first-order valence-electron chi connectivity index (χ1n) is 7.17. The number of methoxy groups -OCH3 is 2. The van der Waals surface area contributed by atoms with E-state index in [0.717, 1.165) is 0 Å². The SMILES string of the molecule is COc1ccc(OC)c(S(=O)(=O)Nc2cc(C(N)=O)cc(C(N)=O)c2)c1. The number of primary amides is 2. The first-order chi connectivity index (χ1) is 12.2. The number of benzene rings is 2. The molecule has 0 aromatic heterocycles. The van der Waals surface area contributed by atoms with Crippen LogP contribution < -0.4 is 25.7 Å². The molecule has 5 N–H and O–H groups in total. The monoisotopic (exact) mass is 379 g/mol. The van der Waals surface area contributed by atoms with Gasteiger partial charge >= 0.3 is 0 Å². The molecule has 10 heteroatoms. The molecular weight excluding hydrogens is 362 g/mol. The molecule has 2 amide bonds. The van der Waals surface area contributed by atoms with Gasteiger partial charge in [-0.1, -0.05) is 0 Å². The van der Waals surface area contributed by atoms with E-state index in [2.05, 4.69) is 4.72 Å². The Labute approximate surface area is 149 Å². The number of nitrogens with two attached hydrogens (primary N) is 2. The van der Waals surface area contributed by atoms with Crippen LogP contribution in [0.2, 0.25) is 0 Å². The molecule has 0 atom stereocenters. The zero-order valence-corrected chi connectivity index (χ0v) is 14.8. The van der Waals surface area contributed by atoms with Gasteiger partial charge in [-0.2, -0.15) is 0 Å². The Morgan fingerprint density at radius 3 is 1.96 bits per heavy atom. The lowest BCUT2D eigenvalue weighted by atomic mass is 10.1. The molecule has 0 aliphatic rings. The van der Waals surface area contributed by atoms with E-state index in [1.807, 2.05) is 0 Å². The molecule has 2 rings (SSSR count). The van der Waals surface area contributed by atoms with Gasteiger partial charge in [-0.15, -0.1) is 0 Å². The Morgan fingerprint density at radius 1 is 0.923 bits per heavy atom. The minimum absolute atomic E-state index is 0.0556. The normalized spacial score (nSPS) is 10.8. The van der Waals surface area contributed by atoms with Crippen LogP contribution in [0.3, 0.4) is 0 Å². The van der Waals surface area contributed by atoms with Crippen LogP contribution in [0.1, 0.15) is 20.7 Å². The Morgan fingerprint density at radius 2 is 1.50 bits per heavy atom. The molecule has 0 aliphatic heterocycles. The molecule has 0 saturated carbocycles. The average Bonchev–Trinajstić information content (AvgIpc) is 2.60. The summed E-state index contributed by atoms with van der Waals surface area (Å²) in [5.74, 6) is -1.30. The van der Waals surface area contributed by atoms with Crippen molar-refractivity contribution in [1.82, 2.24) is 0 Å². The summed E-state index contributed by atoms with van der Waals surface area (Å²) in [6.07, 6.45) is 0. The number of amides is 2. The summed E-state index contributed by atoms with van der Waals surface area (Å²) in [5, 5.41) is 0. The van der Waals surface area contributed by atoms with Crippen molar-refractivity contribution in [2.24, 2.45) is 11.5 Å². The van der Waals surface area contributed by atoms with Crippen molar-refractivity contribution in [2.45, 2.75) is 4.90 Å². The maximum Gasteiger partial charge on any atom is 0.265 e. The van der Waals surface area contributed by atoms with E-state index < -0.39 is 21.8 Å². The lowest BCUT2D eigenvalue weighted by molar-refractivity contribution is 0.0999. The molecule has 26 heavy (non-hydrogen) atoms. The number of rotatable bonds is 7. The predicted octanol–water partition coefficient (Wildman–Crippen LogP) is 0.702. The van der Waals surface area contributed by atoms with Crippen molar-refractivity contribution in [3.05, 3.63) is 47.5 Å². The summed E-state index contributed by atoms with van der Waals surface area (Å²) in [6.45, 7) is 0. The molecular formula is C16H17N3O6S. The van der Waals surface area contributed by atoms with Gasteiger partial charge in [-0.05, 0) is 30.3 Å². The van der Waals surface area contributed by atoms with Crippen molar-refractivity contribution >= 4 is 27.5 Å². The fraction of sp³-hybridized carbons (Fsp3) is 0.125. The second-order valence-corrected chi connectivity index (χ2v) is 6.80. The van der Waals surface area contributed by atoms with Crippen LogP contribution in [0, 0.1) is 0 Å². The molecule has 2 aromatic rings. The molecule has 0 saturated heterocycles. The van der Waals surface area contributed by atoms with Gasteiger partial charge in [0.25, 0.3) is 10.0 Å². The first kappa shape index (κ1) is 19.1. The zero-order chi connectivity index (χ0) is 19.5. The van der Waals surface area contributed by atoms with E-state index in [1.54, 1.807) is 0 Å². The molecule has 0 radical (unpaired) electrons. The molecule has 9 nitrogen and oxygen atoms in total. The summed E-state index contributed by atoms with van der Waals surface area (Å²) in [6, 6.07) is 7.81. The van der Waals surface area contributed by atoms with Gasteiger partial charge in [-0.25, -0.2) is 8.42 Å². The number of hydrogen-bond acceptors (Lipinski definition) is 6. The highest BCUT2D eigenvalue weighted by molar-refractivity contribution is 7.92. The lowest BCUT2D eigenvalue weighted by Gasteiger charge is -2.14. The Kier molecular flexibility index (Phi) is 5.36. The zero-order valence-electron chi connectivity index (χ0n) is 14.0. The highest BCUT2D eigenvalue weighted by Gasteiger charge is 2.22. The number of carbonyl (C=O) groups excluding carboxylic acids is 2. The van der Waals surface area contributed by atoms with Crippen LogP contribution in [0.4, 0.5) is 5.69 Å². The Hall–Kier alpha value is -3.27. The number of carbonyl (C=O) groups is 2. The Bertz CT molecular complexity index is 940. The Balaban J connectivity index is 2.53. The number of nitrogens with one attached hydrogen (secondary N) is 1. The quantitative estimate of drug-likeness (QED) is 0.644. The standard InChI is InChI=1S/C16H17N3O6S/c1-24-12-3-4-13(25-2)14(8-12)26(22,23)19-11-6-9(15(17)20)5-10(7-11)16(18)21/h3-8,19H,1-2H3,(H2,17,20)(H2,18,21). The first-order valence-corrected chi connectivity index (χ1v) is 8.66. The number of sulfonamides is 1. The third-order valence-electron chi connectivity index (χ3n) is 3.41. The van der Waals surface area contributed by atoms with E-state index in [-0.39, 0.29) is 27.5 Å². The van der Waals surface area contributed by atoms with Crippen LogP contribution in [0.15, 0.2) is 41.3 Å². The summed E-state index contributed by atoms with van der Waals surface area (Å²) >= 11 is 0. The van der Waals surface area contributed by atoms with Crippen molar-refractivity contribution in [3.8, 4) is 11.5 Å². The van der Waals surface area contributed by atoms with Gasteiger partial charge in [-0.3, -0.25) is 14.3 Å². The molecule has 138 valence electrons. The second-order valence-electron chi connectivity index (χ2n) is 5.15. The largest absolute Gasteiger partial charge is 0.497 e. The molecule has 0 spiro atoms. The van der Waals surface area contributed by atoms with Crippen LogP contribution in [0.5, 0.6) is 11.5 Å². The highest BCUT2D eigenvalue weighted by Crippen LogP contribution is 2.30. The van der Waals surface area contributed by atoms with E-state index >= 15 is 0 Å². The van der Waals surface area contributed by atoms with Crippen molar-refractivity contribution in [3.63, 3.8) is 0 Å². The van der Waals surface area contributed by atoms with Gasteiger partial charge in [0.2, 0.25) is 11.8 Å². The topological polar surface area (TPSA) is 151 Å². The summed E-state index contributed by atoms with van der Waals surface area (Å²) in [5.41, 5.74) is 10.2. The minimum Gasteiger partial charge on any atom is -0.497 e. The molecule has 2 aromatic carbocycles. The van der Waals surface area contributed by atoms with Gasteiger partial charge in [0.05, 0.1) is 19.9 Å². The second kappa shape index (κ2) is 7.31. The number of anilines is 1. The lowest BCUT2D eigenvalue weighted by Crippen LogP contribution is -2.18. The van der Waals surface area contributed by atoms with Crippen molar-refractivity contribution in [2.75, 3.05) is 18.9 Å². The van der Waals surface area contributed by atoms with E-state index in [1.165, 1.54) is 50.6 Å². The van der Waals surface area contributed by atoms with Crippen LogP contribution in [0.25, 0.3) is 0 Å². The molecule has 0 heterocycles. The van der Waals surface area contributed by atoms with Crippen LogP contribution in [-0.2, 0) is 10.0 Å².